The first kappa shape index (κ1) is 12.8. The van der Waals surface area contributed by atoms with Crippen LogP contribution in [0.2, 0.25) is 0 Å². The lowest BCUT2D eigenvalue weighted by atomic mass is 10.1. The van der Waals surface area contributed by atoms with E-state index < -0.39 is 0 Å². The number of rotatable bonds is 3. The molecule has 1 atom stereocenters. The summed E-state index contributed by atoms with van der Waals surface area (Å²) < 4.78 is 1.81. The van der Waals surface area contributed by atoms with Gasteiger partial charge in [-0.1, -0.05) is 0 Å². The van der Waals surface area contributed by atoms with Crippen LogP contribution in [-0.4, -0.2) is 15.7 Å². The summed E-state index contributed by atoms with van der Waals surface area (Å²) >= 11 is 1.51. The quantitative estimate of drug-likeness (QED) is 0.925. The number of aromatic nitrogens is 2. The Labute approximate surface area is 111 Å². The summed E-state index contributed by atoms with van der Waals surface area (Å²) in [5, 5.41) is 7.19. The van der Waals surface area contributed by atoms with Crippen molar-refractivity contribution >= 4 is 17.2 Å². The lowest BCUT2D eigenvalue weighted by Gasteiger charge is -2.12. The minimum Gasteiger partial charge on any atom is -0.345 e. The van der Waals surface area contributed by atoms with Gasteiger partial charge in [0.25, 0.3) is 5.91 Å². The number of thiophene rings is 1. The lowest BCUT2D eigenvalue weighted by molar-refractivity contribution is 0.0944. The van der Waals surface area contributed by atoms with Gasteiger partial charge >= 0.3 is 0 Å². The molecule has 0 aliphatic rings. The topological polar surface area (TPSA) is 46.9 Å². The average molecular weight is 263 g/mol. The van der Waals surface area contributed by atoms with Crippen LogP contribution in [0.25, 0.3) is 0 Å². The van der Waals surface area contributed by atoms with E-state index >= 15 is 0 Å². The van der Waals surface area contributed by atoms with Crippen molar-refractivity contribution in [1.82, 2.24) is 15.1 Å². The number of nitrogens with zero attached hydrogens (tertiary/aromatic N) is 2. The maximum atomic E-state index is 12.0. The highest BCUT2D eigenvalue weighted by molar-refractivity contribution is 7.13. The molecule has 0 fully saturated rings. The SMILES string of the molecule is Cc1ccc(C(=O)N[C@H](C)c2cnn(C)c2C)s1. The fraction of sp³-hybridized carbons (Fsp3) is 0.385. The number of aryl methyl sites for hydroxylation is 2. The highest BCUT2D eigenvalue weighted by Gasteiger charge is 2.16. The largest absolute Gasteiger partial charge is 0.345 e. The summed E-state index contributed by atoms with van der Waals surface area (Å²) in [5.74, 6) is -0.0242. The Balaban J connectivity index is 2.10. The summed E-state index contributed by atoms with van der Waals surface area (Å²) in [4.78, 5) is 13.9. The zero-order chi connectivity index (χ0) is 13.3. The van der Waals surface area contributed by atoms with Gasteiger partial charge in [-0.3, -0.25) is 9.48 Å². The van der Waals surface area contributed by atoms with E-state index in [1.165, 1.54) is 11.3 Å². The zero-order valence-corrected chi connectivity index (χ0v) is 11.8. The van der Waals surface area contributed by atoms with Gasteiger partial charge in [0.05, 0.1) is 17.1 Å². The first-order chi connectivity index (χ1) is 8.49. The number of amides is 1. The van der Waals surface area contributed by atoms with Crippen LogP contribution < -0.4 is 5.32 Å². The minimum absolute atomic E-state index is 0.0242. The fourth-order valence-electron chi connectivity index (χ4n) is 1.84. The minimum atomic E-state index is -0.0337. The van der Waals surface area contributed by atoms with Crippen LogP contribution in [-0.2, 0) is 7.05 Å². The Morgan fingerprint density at radius 2 is 2.17 bits per heavy atom. The second-order valence-corrected chi connectivity index (χ2v) is 5.70. The molecule has 0 spiro atoms. The average Bonchev–Trinajstić information content (AvgIpc) is 2.87. The molecule has 1 N–H and O–H groups in total. The molecule has 18 heavy (non-hydrogen) atoms. The standard InChI is InChI=1S/C13H17N3OS/c1-8-5-6-12(18-8)13(17)15-9(2)11-7-14-16(4)10(11)3/h5-7,9H,1-4H3,(H,15,17)/t9-/m1/s1. The number of carbonyl (C=O) groups excluding carboxylic acids is 1. The summed E-state index contributed by atoms with van der Waals surface area (Å²) in [6, 6.07) is 3.78. The Bertz CT molecular complexity index is 571. The molecule has 4 nitrogen and oxygen atoms in total. The van der Waals surface area contributed by atoms with Crippen molar-refractivity contribution in [2.45, 2.75) is 26.8 Å². The molecule has 0 saturated heterocycles. The fourth-order valence-corrected chi connectivity index (χ4v) is 2.61. The van der Waals surface area contributed by atoms with Crippen LogP contribution in [0.15, 0.2) is 18.3 Å². The van der Waals surface area contributed by atoms with Crippen molar-refractivity contribution in [2.75, 3.05) is 0 Å². The molecular weight excluding hydrogens is 246 g/mol. The predicted molar refractivity (Wildman–Crippen MR) is 72.9 cm³/mol. The highest BCUT2D eigenvalue weighted by Crippen LogP contribution is 2.19. The molecule has 0 unspecified atom stereocenters. The molecule has 0 aliphatic carbocycles. The molecule has 2 aromatic heterocycles. The van der Waals surface area contributed by atoms with Crippen molar-refractivity contribution in [3.8, 4) is 0 Å². The third-order valence-corrected chi connectivity index (χ3v) is 4.05. The molecule has 0 saturated carbocycles. The molecule has 96 valence electrons. The number of hydrogen-bond donors (Lipinski definition) is 1. The lowest BCUT2D eigenvalue weighted by Crippen LogP contribution is -2.26. The maximum Gasteiger partial charge on any atom is 0.261 e. The third-order valence-electron chi connectivity index (χ3n) is 3.05. The Morgan fingerprint density at radius 3 is 2.67 bits per heavy atom. The van der Waals surface area contributed by atoms with Crippen LogP contribution in [0, 0.1) is 13.8 Å². The van der Waals surface area contributed by atoms with Gasteiger partial charge in [0.1, 0.15) is 0 Å². The highest BCUT2D eigenvalue weighted by atomic mass is 32.1. The molecule has 0 bridgehead atoms. The van der Waals surface area contributed by atoms with E-state index in [1.54, 1.807) is 6.20 Å². The van der Waals surface area contributed by atoms with Crippen LogP contribution in [0.1, 0.15) is 38.8 Å². The van der Waals surface area contributed by atoms with Crippen LogP contribution in [0.3, 0.4) is 0 Å². The van der Waals surface area contributed by atoms with Gasteiger partial charge in [-0.15, -0.1) is 11.3 Å². The first-order valence-electron chi connectivity index (χ1n) is 5.85. The van der Waals surface area contributed by atoms with Gasteiger partial charge in [-0.2, -0.15) is 5.10 Å². The molecule has 2 heterocycles. The molecule has 1 amide bonds. The smallest absolute Gasteiger partial charge is 0.261 e. The summed E-state index contributed by atoms with van der Waals surface area (Å²) in [5.41, 5.74) is 2.13. The van der Waals surface area contributed by atoms with E-state index in [0.29, 0.717) is 0 Å². The second-order valence-electron chi connectivity index (χ2n) is 4.41. The van der Waals surface area contributed by atoms with Crippen molar-refractivity contribution in [3.63, 3.8) is 0 Å². The molecule has 5 heteroatoms. The van der Waals surface area contributed by atoms with Crippen molar-refractivity contribution in [2.24, 2.45) is 7.05 Å². The number of carbonyl (C=O) groups is 1. The zero-order valence-electron chi connectivity index (χ0n) is 11.0. The number of nitrogens with one attached hydrogen (secondary N) is 1. The number of hydrogen-bond acceptors (Lipinski definition) is 3. The molecule has 0 aromatic carbocycles. The van der Waals surface area contributed by atoms with Gasteiger partial charge in [-0.05, 0) is 32.9 Å². The first-order valence-corrected chi connectivity index (χ1v) is 6.66. The summed E-state index contributed by atoms with van der Waals surface area (Å²) in [7, 11) is 1.90. The molecular formula is C13H17N3OS. The van der Waals surface area contributed by atoms with Crippen molar-refractivity contribution in [1.29, 1.82) is 0 Å². The van der Waals surface area contributed by atoms with Crippen molar-refractivity contribution in [3.05, 3.63) is 39.3 Å². The van der Waals surface area contributed by atoms with Gasteiger partial charge in [0.2, 0.25) is 0 Å². The Kier molecular flexibility index (Phi) is 3.52. The Hall–Kier alpha value is -1.62. The predicted octanol–water partition coefficient (Wildman–Crippen LogP) is 2.59. The molecule has 2 rings (SSSR count). The van der Waals surface area contributed by atoms with Crippen LogP contribution >= 0.6 is 11.3 Å². The van der Waals surface area contributed by atoms with Gasteiger partial charge < -0.3 is 5.32 Å². The molecule has 2 aromatic rings. The van der Waals surface area contributed by atoms with Gasteiger partial charge in [0, 0.05) is 23.2 Å². The normalized spacial score (nSPS) is 12.4. The second kappa shape index (κ2) is 4.94. The van der Waals surface area contributed by atoms with E-state index in [2.05, 4.69) is 10.4 Å². The van der Waals surface area contributed by atoms with Crippen molar-refractivity contribution < 1.29 is 4.79 Å². The van der Waals surface area contributed by atoms with E-state index in [4.69, 9.17) is 0 Å². The van der Waals surface area contributed by atoms with E-state index in [-0.39, 0.29) is 11.9 Å². The molecule has 0 radical (unpaired) electrons. The van der Waals surface area contributed by atoms with Gasteiger partial charge in [-0.25, -0.2) is 0 Å². The monoisotopic (exact) mass is 263 g/mol. The van der Waals surface area contributed by atoms with Gasteiger partial charge in [0.15, 0.2) is 0 Å². The van der Waals surface area contributed by atoms with E-state index in [0.717, 1.165) is 21.0 Å². The third kappa shape index (κ3) is 2.46. The van der Waals surface area contributed by atoms with Crippen LogP contribution in [0.5, 0.6) is 0 Å². The Morgan fingerprint density at radius 1 is 1.44 bits per heavy atom. The van der Waals surface area contributed by atoms with Crippen LogP contribution in [0.4, 0.5) is 0 Å². The summed E-state index contributed by atoms with van der Waals surface area (Å²) in [6.45, 7) is 5.97. The van der Waals surface area contributed by atoms with E-state index in [9.17, 15) is 4.79 Å². The van der Waals surface area contributed by atoms with E-state index in [1.807, 2.05) is 44.6 Å². The molecule has 0 aliphatic heterocycles. The maximum absolute atomic E-state index is 12.0. The summed E-state index contributed by atoms with van der Waals surface area (Å²) in [6.07, 6.45) is 1.81.